The second kappa shape index (κ2) is 5.68. The molecule has 4 heteroatoms. The van der Waals surface area contributed by atoms with Crippen molar-refractivity contribution in [3.05, 3.63) is 24.5 Å². The van der Waals surface area contributed by atoms with Crippen molar-refractivity contribution in [2.24, 2.45) is 11.5 Å². The summed E-state index contributed by atoms with van der Waals surface area (Å²) in [7, 11) is 0. The number of nitrogens with two attached hydrogens (primary N) is 2. The summed E-state index contributed by atoms with van der Waals surface area (Å²) in [5.74, 6) is -0.333. The van der Waals surface area contributed by atoms with Gasteiger partial charge in [0.05, 0.1) is 6.26 Å². The van der Waals surface area contributed by atoms with Gasteiger partial charge in [0.25, 0.3) is 0 Å². The molecule has 56 valence electrons. The van der Waals surface area contributed by atoms with Crippen molar-refractivity contribution in [2.45, 2.75) is 0 Å². The third kappa shape index (κ3) is 9.75. The number of nitrogens with one attached hydrogen (secondary N) is 1. The fourth-order valence-corrected chi connectivity index (χ4v) is 0.346. The highest BCUT2D eigenvalue weighted by Crippen LogP contribution is 1.87. The van der Waals surface area contributed by atoms with Crippen LogP contribution >= 0.6 is 0 Å². The van der Waals surface area contributed by atoms with Gasteiger partial charge in [0, 0.05) is 0 Å². The number of ether oxygens (including phenoxy) is 1. The number of guanidine groups is 1. The molecular weight excluding hydrogens is 130 g/mol. The molecular formula is C6H11N3O. The number of hydrogen-bond donors (Lipinski definition) is 3. The number of rotatable bonds is 0. The lowest BCUT2D eigenvalue weighted by Crippen LogP contribution is -2.20. The Morgan fingerprint density at radius 1 is 1.40 bits per heavy atom. The van der Waals surface area contributed by atoms with Crippen LogP contribution in [0.1, 0.15) is 0 Å². The second-order valence-electron chi connectivity index (χ2n) is 1.55. The molecule has 0 aromatic rings. The Labute approximate surface area is 59.7 Å². The van der Waals surface area contributed by atoms with Crippen molar-refractivity contribution in [1.29, 1.82) is 5.41 Å². The molecule has 0 aromatic heterocycles. The van der Waals surface area contributed by atoms with Gasteiger partial charge < -0.3 is 16.2 Å². The second-order valence-corrected chi connectivity index (χ2v) is 1.55. The predicted molar refractivity (Wildman–Crippen MR) is 40.3 cm³/mol. The maximum atomic E-state index is 6.06. The van der Waals surface area contributed by atoms with Crippen LogP contribution < -0.4 is 11.5 Å². The average Bonchev–Trinajstić information content (AvgIpc) is 1.90. The zero-order chi connectivity index (χ0) is 7.82. The molecule has 1 heterocycles. The summed E-state index contributed by atoms with van der Waals surface area (Å²) in [5.41, 5.74) is 8.94. The van der Waals surface area contributed by atoms with Crippen molar-refractivity contribution in [2.75, 3.05) is 6.61 Å². The number of allylic oxidation sites excluding steroid dienone is 2. The quantitative estimate of drug-likeness (QED) is 0.326. The standard InChI is InChI=1S/C5H6O.CH5N3/c1-2-4-6-5-3-1;2-1(3)4/h1-4H,5H2;(H5,2,3,4). The molecule has 5 N–H and O–H groups in total. The van der Waals surface area contributed by atoms with Gasteiger partial charge in [0.2, 0.25) is 0 Å². The Bertz CT molecular complexity index is 135. The monoisotopic (exact) mass is 141 g/mol. The Morgan fingerprint density at radius 2 is 2.00 bits per heavy atom. The molecule has 0 unspecified atom stereocenters. The summed E-state index contributed by atoms with van der Waals surface area (Å²) in [5, 5.41) is 6.06. The summed E-state index contributed by atoms with van der Waals surface area (Å²) < 4.78 is 4.80. The van der Waals surface area contributed by atoms with E-state index >= 15 is 0 Å². The van der Waals surface area contributed by atoms with E-state index in [0.29, 0.717) is 0 Å². The molecule has 0 radical (unpaired) electrons. The van der Waals surface area contributed by atoms with E-state index in [-0.39, 0.29) is 5.96 Å². The maximum Gasteiger partial charge on any atom is 0.183 e. The highest BCUT2D eigenvalue weighted by molar-refractivity contribution is 5.71. The van der Waals surface area contributed by atoms with E-state index in [0.717, 1.165) is 6.61 Å². The van der Waals surface area contributed by atoms with Crippen LogP contribution in [0.5, 0.6) is 0 Å². The number of hydrogen-bond acceptors (Lipinski definition) is 2. The van der Waals surface area contributed by atoms with E-state index in [9.17, 15) is 0 Å². The molecule has 1 aliphatic rings. The topological polar surface area (TPSA) is 85.1 Å². The minimum atomic E-state index is -0.333. The van der Waals surface area contributed by atoms with E-state index in [1.54, 1.807) is 6.26 Å². The molecule has 0 atom stereocenters. The van der Waals surface area contributed by atoms with Crippen LogP contribution in [0.2, 0.25) is 0 Å². The van der Waals surface area contributed by atoms with Crippen LogP contribution in [-0.2, 0) is 4.74 Å². The van der Waals surface area contributed by atoms with Crippen LogP contribution in [0.4, 0.5) is 0 Å². The Hall–Kier alpha value is -1.45. The van der Waals surface area contributed by atoms with Gasteiger partial charge in [-0.2, -0.15) is 0 Å². The average molecular weight is 141 g/mol. The first-order chi connectivity index (χ1) is 4.73. The lowest BCUT2D eigenvalue weighted by molar-refractivity contribution is 0.286. The molecule has 0 fully saturated rings. The molecule has 0 saturated heterocycles. The predicted octanol–water partition coefficient (Wildman–Crippen LogP) is -0.0749. The molecule has 1 rings (SSSR count). The maximum absolute atomic E-state index is 6.06. The molecule has 0 aliphatic carbocycles. The highest BCUT2D eigenvalue weighted by Gasteiger charge is 1.75. The van der Waals surface area contributed by atoms with Gasteiger partial charge in [-0.15, -0.1) is 0 Å². The van der Waals surface area contributed by atoms with Crippen LogP contribution in [0.15, 0.2) is 24.5 Å². The third-order valence-electron chi connectivity index (χ3n) is 0.614. The summed E-state index contributed by atoms with van der Waals surface area (Å²) >= 11 is 0. The van der Waals surface area contributed by atoms with Crippen LogP contribution in [0.3, 0.4) is 0 Å². The lowest BCUT2D eigenvalue weighted by atomic mass is 10.5. The van der Waals surface area contributed by atoms with E-state index in [4.69, 9.17) is 10.1 Å². The van der Waals surface area contributed by atoms with Crippen LogP contribution in [0, 0.1) is 5.41 Å². The minimum absolute atomic E-state index is 0.333. The third-order valence-corrected chi connectivity index (χ3v) is 0.614. The molecule has 10 heavy (non-hydrogen) atoms. The SMILES string of the molecule is C1=CCOC=C1.N=C(N)N. The van der Waals surface area contributed by atoms with E-state index in [1.165, 1.54) is 0 Å². The fraction of sp³-hybridized carbons (Fsp3) is 0.167. The smallest absolute Gasteiger partial charge is 0.183 e. The molecule has 0 bridgehead atoms. The van der Waals surface area contributed by atoms with Gasteiger partial charge in [0.1, 0.15) is 6.61 Å². The van der Waals surface area contributed by atoms with Gasteiger partial charge in [-0.1, -0.05) is 6.08 Å². The summed E-state index contributed by atoms with van der Waals surface area (Å²) in [4.78, 5) is 0. The Morgan fingerprint density at radius 3 is 2.10 bits per heavy atom. The van der Waals surface area contributed by atoms with Crippen molar-refractivity contribution in [3.63, 3.8) is 0 Å². The van der Waals surface area contributed by atoms with Gasteiger partial charge in [-0.05, 0) is 12.2 Å². The summed E-state index contributed by atoms with van der Waals surface area (Å²) in [6.45, 7) is 0.733. The lowest BCUT2D eigenvalue weighted by Gasteiger charge is -1.94. The largest absolute Gasteiger partial charge is 0.497 e. The first kappa shape index (κ1) is 8.55. The van der Waals surface area contributed by atoms with Gasteiger partial charge in [-0.25, -0.2) is 0 Å². The highest BCUT2D eigenvalue weighted by atomic mass is 16.5. The normalized spacial score (nSPS) is 12.8. The Kier molecular flexibility index (Phi) is 4.86. The molecule has 1 aliphatic heterocycles. The van der Waals surface area contributed by atoms with Gasteiger partial charge in [0.15, 0.2) is 5.96 Å². The van der Waals surface area contributed by atoms with E-state index in [1.807, 2.05) is 18.2 Å². The molecule has 0 saturated carbocycles. The molecule has 0 spiro atoms. The van der Waals surface area contributed by atoms with Gasteiger partial charge in [-0.3, -0.25) is 5.41 Å². The zero-order valence-electron chi connectivity index (χ0n) is 5.58. The zero-order valence-corrected chi connectivity index (χ0v) is 5.58. The van der Waals surface area contributed by atoms with Crippen molar-refractivity contribution in [1.82, 2.24) is 0 Å². The van der Waals surface area contributed by atoms with E-state index in [2.05, 4.69) is 11.5 Å². The minimum Gasteiger partial charge on any atom is -0.497 e. The summed E-state index contributed by atoms with van der Waals surface area (Å²) in [6, 6.07) is 0. The Balaban J connectivity index is 0.000000180. The molecule has 0 aromatic carbocycles. The van der Waals surface area contributed by atoms with Crippen molar-refractivity contribution in [3.8, 4) is 0 Å². The fourth-order valence-electron chi connectivity index (χ4n) is 0.346. The van der Waals surface area contributed by atoms with Crippen LogP contribution in [0.25, 0.3) is 0 Å². The summed E-state index contributed by atoms with van der Waals surface area (Å²) in [6.07, 6.45) is 7.47. The molecule has 0 amide bonds. The van der Waals surface area contributed by atoms with Crippen molar-refractivity contribution < 1.29 is 4.74 Å². The molecule has 4 nitrogen and oxygen atoms in total. The van der Waals surface area contributed by atoms with Crippen molar-refractivity contribution >= 4 is 5.96 Å². The van der Waals surface area contributed by atoms with Crippen LogP contribution in [-0.4, -0.2) is 12.6 Å². The van der Waals surface area contributed by atoms with E-state index < -0.39 is 0 Å². The first-order valence-corrected chi connectivity index (χ1v) is 2.76. The first-order valence-electron chi connectivity index (χ1n) is 2.76. The van der Waals surface area contributed by atoms with Gasteiger partial charge >= 0.3 is 0 Å².